The second kappa shape index (κ2) is 9.49. The molecule has 2 aromatic heterocycles. The maximum Gasteiger partial charge on any atom is 0.123 e. The molecular formula is C36H44N4O2. The standard InChI is InChI=1S/C36H44N4O2/c41-35-16-7-3-1-2-4-8-19-39-21-15-29(34(24-39)23-36-17-13-25(42-36)10-9-20-40(36)33(34)35)28(22-35)31-32-27(14-18-37-31)26-11-5-6-12-30(26)38-32/h1,3,5-6,11-12,14,18,22,25,29,33,38,41H,2,4,7-10,13,15-17,19-21,23-24H2/t25-,29+,33-,34+,35+,36+/m1/s1. The van der Waals surface area contributed by atoms with Gasteiger partial charge in [0.2, 0.25) is 0 Å². The number of aliphatic hydroxyl groups is 1. The Labute approximate surface area is 248 Å². The molecule has 2 spiro atoms. The average Bonchev–Trinajstić information content (AvgIpc) is 3.61. The summed E-state index contributed by atoms with van der Waals surface area (Å²) in [5.41, 5.74) is 3.32. The van der Waals surface area contributed by atoms with Crippen LogP contribution in [0.1, 0.15) is 76.3 Å². The van der Waals surface area contributed by atoms with Crippen molar-refractivity contribution in [2.24, 2.45) is 11.3 Å². The quantitative estimate of drug-likeness (QED) is 0.334. The van der Waals surface area contributed by atoms with Crippen LogP contribution >= 0.6 is 0 Å². The summed E-state index contributed by atoms with van der Waals surface area (Å²) in [6.07, 6.45) is 21.3. The largest absolute Gasteiger partial charge is 0.384 e. The molecule has 0 amide bonds. The van der Waals surface area contributed by atoms with Crippen LogP contribution in [0.4, 0.5) is 0 Å². The second-order valence-electron chi connectivity index (χ2n) is 14.3. The van der Waals surface area contributed by atoms with Gasteiger partial charge in [0.25, 0.3) is 0 Å². The molecule has 1 aliphatic carbocycles. The summed E-state index contributed by atoms with van der Waals surface area (Å²) in [7, 11) is 0. The van der Waals surface area contributed by atoms with Gasteiger partial charge in [-0.25, -0.2) is 0 Å². The molecule has 7 atom stereocenters. The van der Waals surface area contributed by atoms with Crippen LogP contribution in [0.25, 0.3) is 27.4 Å². The van der Waals surface area contributed by atoms with Gasteiger partial charge in [0.1, 0.15) is 5.72 Å². The molecule has 4 fully saturated rings. The normalized spacial score (nSPS) is 40.2. The molecule has 7 heterocycles. The first-order valence-electron chi connectivity index (χ1n) is 16.7. The van der Waals surface area contributed by atoms with Gasteiger partial charge in [0.05, 0.1) is 29.0 Å². The van der Waals surface area contributed by atoms with Crippen molar-refractivity contribution >= 4 is 27.4 Å². The van der Waals surface area contributed by atoms with Gasteiger partial charge in [0, 0.05) is 41.0 Å². The molecule has 5 aliphatic heterocycles. The smallest absolute Gasteiger partial charge is 0.123 e. The van der Waals surface area contributed by atoms with Gasteiger partial charge in [-0.05, 0) is 113 Å². The number of nitrogens with zero attached hydrogens (tertiary/aromatic N) is 3. The van der Waals surface area contributed by atoms with Crippen molar-refractivity contribution in [1.82, 2.24) is 19.8 Å². The van der Waals surface area contributed by atoms with Gasteiger partial charge in [-0.15, -0.1) is 0 Å². The van der Waals surface area contributed by atoms with Crippen molar-refractivity contribution < 1.29 is 9.84 Å². The topological polar surface area (TPSA) is 64.6 Å². The molecule has 220 valence electrons. The van der Waals surface area contributed by atoms with Crippen LogP contribution in [0.15, 0.2) is 54.8 Å². The molecular weight excluding hydrogens is 520 g/mol. The number of pyridine rings is 1. The zero-order valence-corrected chi connectivity index (χ0v) is 24.7. The number of fused-ring (bicyclic) bond motifs is 5. The van der Waals surface area contributed by atoms with Crippen molar-refractivity contribution in [3.05, 3.63) is 60.5 Å². The van der Waals surface area contributed by atoms with E-state index in [0.29, 0.717) is 12.0 Å². The van der Waals surface area contributed by atoms with Crippen molar-refractivity contribution in [3.63, 3.8) is 0 Å². The first-order chi connectivity index (χ1) is 20.6. The van der Waals surface area contributed by atoms with E-state index in [2.05, 4.69) is 63.3 Å². The van der Waals surface area contributed by atoms with Gasteiger partial charge in [0.15, 0.2) is 0 Å². The molecule has 4 saturated heterocycles. The van der Waals surface area contributed by atoms with Gasteiger partial charge >= 0.3 is 0 Å². The molecule has 6 aliphatic rings. The molecule has 1 aromatic carbocycles. The first-order valence-corrected chi connectivity index (χ1v) is 16.7. The number of H-pyrrole nitrogens is 1. The highest BCUT2D eigenvalue weighted by molar-refractivity contribution is 6.09. The first kappa shape index (κ1) is 25.9. The molecule has 1 unspecified atom stereocenters. The summed E-state index contributed by atoms with van der Waals surface area (Å²) in [6.45, 7) is 4.35. The number of hydrogen-bond donors (Lipinski definition) is 2. The van der Waals surface area contributed by atoms with Crippen LogP contribution in [0.3, 0.4) is 0 Å². The summed E-state index contributed by atoms with van der Waals surface area (Å²) in [6, 6.07) is 10.8. The highest BCUT2D eigenvalue weighted by Gasteiger charge is 2.71. The number of ether oxygens (including phenoxy) is 1. The van der Waals surface area contributed by atoms with Crippen LogP contribution in [0.2, 0.25) is 0 Å². The summed E-state index contributed by atoms with van der Waals surface area (Å²) in [5.74, 6) is 0.341. The van der Waals surface area contributed by atoms with Crippen LogP contribution in [0.5, 0.6) is 0 Å². The average molecular weight is 565 g/mol. The van der Waals surface area contributed by atoms with Crippen molar-refractivity contribution in [2.45, 2.75) is 94.1 Å². The van der Waals surface area contributed by atoms with Crippen LogP contribution in [-0.4, -0.2) is 74.5 Å². The van der Waals surface area contributed by atoms with Gasteiger partial charge in [-0.2, -0.15) is 0 Å². The third-order valence-electron chi connectivity index (χ3n) is 12.0. The molecule has 0 saturated carbocycles. The van der Waals surface area contributed by atoms with Gasteiger partial charge in [-0.1, -0.05) is 30.4 Å². The number of benzene rings is 1. The Hall–Kier alpha value is -2.51. The second-order valence-corrected chi connectivity index (χ2v) is 14.3. The molecule has 9 rings (SSSR count). The third kappa shape index (κ3) is 3.68. The molecule has 3 aromatic rings. The Morgan fingerprint density at radius 1 is 0.929 bits per heavy atom. The van der Waals surface area contributed by atoms with E-state index in [1.165, 1.54) is 29.2 Å². The number of para-hydroxylation sites is 1. The van der Waals surface area contributed by atoms with E-state index < -0.39 is 5.60 Å². The van der Waals surface area contributed by atoms with Crippen LogP contribution in [0, 0.1) is 11.3 Å². The predicted octanol–water partition coefficient (Wildman–Crippen LogP) is 6.42. The Kier molecular flexibility index (Phi) is 5.86. The molecule has 2 N–H and O–H groups in total. The lowest BCUT2D eigenvalue weighted by Crippen LogP contribution is -2.66. The minimum absolute atomic E-state index is 0.0643. The SMILES string of the molecule is O[C@]12C=C(c3nccc4c3[nH]c3ccccc34)[C@@H]3CCN(CCCCC=CCC1)C[C@@]31C[C@@]34CC[C@@H](CCCN3[C@H]12)O4. The Bertz CT molecular complexity index is 1590. The van der Waals surface area contributed by atoms with Crippen LogP contribution in [-0.2, 0) is 4.74 Å². The van der Waals surface area contributed by atoms with E-state index in [4.69, 9.17) is 9.72 Å². The summed E-state index contributed by atoms with van der Waals surface area (Å²) in [4.78, 5) is 14.3. The number of rotatable bonds is 1. The van der Waals surface area contributed by atoms with Crippen molar-refractivity contribution in [1.29, 1.82) is 0 Å². The van der Waals surface area contributed by atoms with Gasteiger partial charge in [-0.3, -0.25) is 9.88 Å². The van der Waals surface area contributed by atoms with E-state index in [-0.39, 0.29) is 17.2 Å². The molecule has 42 heavy (non-hydrogen) atoms. The third-order valence-corrected chi connectivity index (χ3v) is 12.0. The van der Waals surface area contributed by atoms with Gasteiger partial charge < -0.3 is 19.7 Å². The van der Waals surface area contributed by atoms with Crippen LogP contribution < -0.4 is 0 Å². The number of piperidine rings is 1. The Morgan fingerprint density at radius 2 is 1.86 bits per heavy atom. The fourth-order valence-electron chi connectivity index (χ4n) is 10.6. The van der Waals surface area contributed by atoms with E-state index in [1.54, 1.807) is 0 Å². The fourth-order valence-corrected chi connectivity index (χ4v) is 10.6. The summed E-state index contributed by atoms with van der Waals surface area (Å²) in [5, 5.41) is 15.7. The lowest BCUT2D eigenvalue weighted by atomic mass is 9.54. The van der Waals surface area contributed by atoms with E-state index in [1.807, 2.05) is 6.20 Å². The molecule has 5 bridgehead atoms. The Balaban J connectivity index is 1.27. The lowest BCUT2D eigenvalue weighted by Gasteiger charge is -2.58. The number of nitrogens with one attached hydrogen (secondary N) is 1. The summed E-state index contributed by atoms with van der Waals surface area (Å²) < 4.78 is 7.08. The predicted molar refractivity (Wildman–Crippen MR) is 167 cm³/mol. The monoisotopic (exact) mass is 564 g/mol. The zero-order chi connectivity index (χ0) is 27.9. The highest BCUT2D eigenvalue weighted by atomic mass is 16.5. The number of aromatic amines is 1. The van der Waals surface area contributed by atoms with E-state index >= 15 is 0 Å². The molecule has 6 nitrogen and oxygen atoms in total. The van der Waals surface area contributed by atoms with Crippen molar-refractivity contribution in [2.75, 3.05) is 26.2 Å². The fraction of sp³-hybridized carbons (Fsp3) is 0.583. The van der Waals surface area contributed by atoms with E-state index in [9.17, 15) is 5.11 Å². The van der Waals surface area contributed by atoms with Crippen molar-refractivity contribution in [3.8, 4) is 0 Å². The lowest BCUT2D eigenvalue weighted by molar-refractivity contribution is -0.145. The minimum atomic E-state index is -0.946. The zero-order valence-electron chi connectivity index (χ0n) is 24.7. The number of hydrogen-bond acceptors (Lipinski definition) is 5. The number of aromatic nitrogens is 2. The Morgan fingerprint density at radius 3 is 2.83 bits per heavy atom. The summed E-state index contributed by atoms with van der Waals surface area (Å²) >= 11 is 0. The molecule has 6 heteroatoms. The highest BCUT2D eigenvalue weighted by Crippen LogP contribution is 2.66. The van der Waals surface area contributed by atoms with E-state index in [0.717, 1.165) is 101 Å². The number of allylic oxidation sites excluding steroid dienone is 3. The minimum Gasteiger partial charge on any atom is -0.384 e. The maximum atomic E-state index is 13.2. The maximum absolute atomic E-state index is 13.2. The molecule has 0 radical (unpaired) electrons.